The van der Waals surface area contributed by atoms with Crippen molar-refractivity contribution in [1.29, 1.82) is 0 Å². The largest absolute Gasteiger partial charge is 0.383 e. The van der Waals surface area contributed by atoms with Gasteiger partial charge in [0.05, 0.1) is 17.6 Å². The van der Waals surface area contributed by atoms with Crippen LogP contribution in [0.5, 0.6) is 0 Å². The molecule has 1 aliphatic carbocycles. The van der Waals surface area contributed by atoms with Crippen LogP contribution in [0.25, 0.3) is 28.0 Å². The summed E-state index contributed by atoms with van der Waals surface area (Å²) in [5.74, 6) is 1.81. The second-order valence-electron chi connectivity index (χ2n) is 9.97. The highest BCUT2D eigenvalue weighted by atomic mass is 15.3. The number of aromatic nitrogens is 4. The van der Waals surface area contributed by atoms with Gasteiger partial charge >= 0.3 is 0 Å². The van der Waals surface area contributed by atoms with Crippen LogP contribution < -0.4 is 11.1 Å². The summed E-state index contributed by atoms with van der Waals surface area (Å²) in [4.78, 5) is 10.0. The predicted molar refractivity (Wildman–Crippen MR) is 130 cm³/mol. The average Bonchev–Trinajstić information content (AvgIpc) is 3.51. The number of nitrogens with one attached hydrogen (secondary N) is 1. The van der Waals surface area contributed by atoms with Gasteiger partial charge in [-0.1, -0.05) is 36.4 Å². The van der Waals surface area contributed by atoms with Gasteiger partial charge in [0.15, 0.2) is 5.65 Å². The van der Waals surface area contributed by atoms with Gasteiger partial charge in [0.2, 0.25) is 0 Å². The number of nitrogen functional groups attached to an aromatic ring is 1. The molecule has 3 N–H and O–H groups in total. The maximum absolute atomic E-state index is 6.77. The molecule has 166 valence electrons. The zero-order valence-corrected chi connectivity index (χ0v) is 18.6. The fourth-order valence-corrected chi connectivity index (χ4v) is 5.96. The first kappa shape index (κ1) is 19.2. The molecule has 3 aliphatic rings. The SMILES string of the molecule is Nc1c(C2CC2)c(C2C[C@H]3CC[C@@H](C2)N3)nc2c(-c3ccc(-c4ccccc4)nc3)cnn12. The molecular weight excluding hydrogens is 408 g/mol. The van der Waals surface area contributed by atoms with E-state index >= 15 is 0 Å². The molecule has 0 spiro atoms. The maximum Gasteiger partial charge on any atom is 0.165 e. The molecule has 2 aliphatic heterocycles. The van der Waals surface area contributed by atoms with Crippen LogP contribution >= 0.6 is 0 Å². The normalized spacial score (nSPS) is 24.4. The Kier molecular flexibility index (Phi) is 4.31. The number of nitrogens with two attached hydrogens (primary N) is 1. The van der Waals surface area contributed by atoms with Gasteiger partial charge in [-0.05, 0) is 50.5 Å². The highest BCUT2D eigenvalue weighted by Gasteiger charge is 2.39. The van der Waals surface area contributed by atoms with Crippen LogP contribution in [0.3, 0.4) is 0 Å². The van der Waals surface area contributed by atoms with Gasteiger partial charge in [-0.25, -0.2) is 4.98 Å². The molecule has 0 amide bonds. The van der Waals surface area contributed by atoms with Crippen LogP contribution in [0.1, 0.15) is 61.6 Å². The van der Waals surface area contributed by atoms with E-state index in [0.29, 0.717) is 23.9 Å². The Bertz CT molecular complexity index is 1310. The van der Waals surface area contributed by atoms with E-state index in [4.69, 9.17) is 15.7 Å². The van der Waals surface area contributed by atoms with Crippen molar-refractivity contribution in [3.8, 4) is 22.4 Å². The van der Waals surface area contributed by atoms with Crippen LogP contribution in [0.2, 0.25) is 0 Å². The number of nitrogens with zero attached hydrogens (tertiary/aromatic N) is 4. The summed E-state index contributed by atoms with van der Waals surface area (Å²) in [6.45, 7) is 0. The van der Waals surface area contributed by atoms with Crippen molar-refractivity contribution in [1.82, 2.24) is 24.9 Å². The van der Waals surface area contributed by atoms with Gasteiger partial charge in [-0.15, -0.1) is 0 Å². The Hall–Kier alpha value is -3.25. The summed E-state index contributed by atoms with van der Waals surface area (Å²) < 4.78 is 1.85. The molecule has 1 aromatic carbocycles. The molecule has 1 saturated carbocycles. The lowest BCUT2D eigenvalue weighted by Gasteiger charge is -2.30. The third kappa shape index (κ3) is 3.23. The fraction of sp³-hybridized carbons (Fsp3) is 0.370. The Labute approximate surface area is 193 Å². The van der Waals surface area contributed by atoms with E-state index in [0.717, 1.165) is 46.7 Å². The van der Waals surface area contributed by atoms with Crippen LogP contribution in [-0.4, -0.2) is 31.7 Å². The van der Waals surface area contributed by atoms with E-state index in [9.17, 15) is 0 Å². The highest BCUT2D eigenvalue weighted by molar-refractivity contribution is 5.79. The zero-order chi connectivity index (χ0) is 21.9. The van der Waals surface area contributed by atoms with Crippen molar-refractivity contribution in [3.05, 3.63) is 66.1 Å². The quantitative estimate of drug-likeness (QED) is 0.475. The van der Waals surface area contributed by atoms with Crippen LogP contribution in [-0.2, 0) is 0 Å². The zero-order valence-electron chi connectivity index (χ0n) is 18.6. The number of hydrogen-bond donors (Lipinski definition) is 2. The van der Waals surface area contributed by atoms with Crippen molar-refractivity contribution in [2.75, 3.05) is 5.73 Å². The van der Waals surface area contributed by atoms with Gasteiger partial charge < -0.3 is 11.1 Å². The molecular formula is C27H28N6. The lowest BCUT2D eigenvalue weighted by molar-refractivity contribution is 0.357. The summed E-state index contributed by atoms with van der Waals surface area (Å²) in [5, 5.41) is 8.44. The number of pyridine rings is 1. The van der Waals surface area contributed by atoms with E-state index in [-0.39, 0.29) is 0 Å². The third-order valence-corrected chi connectivity index (χ3v) is 7.74. The molecule has 0 radical (unpaired) electrons. The Balaban J connectivity index is 1.32. The van der Waals surface area contributed by atoms with E-state index in [1.54, 1.807) is 0 Å². The first-order chi connectivity index (χ1) is 16.2. The summed E-state index contributed by atoms with van der Waals surface area (Å²) in [7, 11) is 0. The van der Waals surface area contributed by atoms with Crippen LogP contribution in [0.15, 0.2) is 54.9 Å². The number of fused-ring (bicyclic) bond motifs is 3. The minimum Gasteiger partial charge on any atom is -0.383 e. The average molecular weight is 437 g/mol. The molecule has 2 bridgehead atoms. The van der Waals surface area contributed by atoms with Crippen molar-refractivity contribution >= 4 is 11.5 Å². The first-order valence-electron chi connectivity index (χ1n) is 12.2. The second kappa shape index (κ2) is 7.39. The molecule has 3 atom stereocenters. The summed E-state index contributed by atoms with van der Waals surface area (Å²) in [5.41, 5.74) is 14.2. The molecule has 7 rings (SSSR count). The molecule has 3 fully saturated rings. The lowest BCUT2D eigenvalue weighted by Crippen LogP contribution is -2.37. The minimum absolute atomic E-state index is 0.480. The Morgan fingerprint density at radius 2 is 1.64 bits per heavy atom. The van der Waals surface area contributed by atoms with Crippen molar-refractivity contribution in [2.24, 2.45) is 0 Å². The molecule has 6 heteroatoms. The molecule has 6 nitrogen and oxygen atoms in total. The van der Waals surface area contributed by atoms with Gasteiger partial charge in [0.25, 0.3) is 0 Å². The van der Waals surface area contributed by atoms with Crippen molar-refractivity contribution in [3.63, 3.8) is 0 Å². The topological polar surface area (TPSA) is 81.1 Å². The molecule has 4 aromatic rings. The van der Waals surface area contributed by atoms with Crippen molar-refractivity contribution in [2.45, 2.75) is 62.4 Å². The summed E-state index contributed by atoms with van der Waals surface area (Å²) in [6, 6.07) is 15.7. The number of anilines is 1. The standard InChI is InChI=1S/C27H28N6/c28-26-24(17-6-7-17)25(19-12-20-9-10-21(13-19)31-20)32-27-22(15-30-33(26)27)18-8-11-23(29-14-18)16-4-2-1-3-5-16/h1-5,8,11,14-15,17,19-21,31H,6-7,9-10,12-13,28H2/t19?,20-,21+. The van der Waals surface area contributed by atoms with Gasteiger partial charge in [0, 0.05) is 46.5 Å². The number of benzene rings is 1. The van der Waals surface area contributed by atoms with Crippen LogP contribution in [0.4, 0.5) is 5.82 Å². The van der Waals surface area contributed by atoms with E-state index in [1.807, 2.05) is 35.1 Å². The third-order valence-electron chi connectivity index (χ3n) is 7.74. The fourth-order valence-electron chi connectivity index (χ4n) is 5.96. The van der Waals surface area contributed by atoms with Crippen LogP contribution in [0, 0.1) is 0 Å². The minimum atomic E-state index is 0.480. The molecule has 3 aromatic heterocycles. The van der Waals surface area contributed by atoms with Gasteiger partial charge in [0.1, 0.15) is 5.82 Å². The van der Waals surface area contributed by atoms with E-state index < -0.39 is 0 Å². The van der Waals surface area contributed by atoms with Gasteiger partial charge in [-0.2, -0.15) is 9.61 Å². The smallest absolute Gasteiger partial charge is 0.165 e. The van der Waals surface area contributed by atoms with Crippen molar-refractivity contribution < 1.29 is 0 Å². The Morgan fingerprint density at radius 3 is 2.33 bits per heavy atom. The highest BCUT2D eigenvalue weighted by Crippen LogP contribution is 2.48. The monoisotopic (exact) mass is 436 g/mol. The number of hydrogen-bond acceptors (Lipinski definition) is 5. The van der Waals surface area contributed by atoms with E-state index in [1.165, 1.54) is 36.9 Å². The number of piperidine rings is 1. The summed E-state index contributed by atoms with van der Waals surface area (Å²) >= 11 is 0. The second-order valence-corrected chi connectivity index (χ2v) is 9.97. The molecule has 2 saturated heterocycles. The molecule has 5 heterocycles. The number of rotatable bonds is 4. The van der Waals surface area contributed by atoms with Gasteiger partial charge in [-0.3, -0.25) is 4.98 Å². The molecule has 1 unspecified atom stereocenters. The van der Waals surface area contributed by atoms with E-state index in [2.05, 4.69) is 34.7 Å². The predicted octanol–water partition coefficient (Wildman–Crippen LogP) is 4.92. The molecule has 33 heavy (non-hydrogen) atoms. The first-order valence-corrected chi connectivity index (χ1v) is 12.2. The maximum atomic E-state index is 6.77. The lowest BCUT2D eigenvalue weighted by atomic mass is 9.86. The Morgan fingerprint density at radius 1 is 0.848 bits per heavy atom. The summed E-state index contributed by atoms with van der Waals surface area (Å²) in [6.07, 6.45) is 11.1.